The topological polar surface area (TPSA) is 61.8 Å². The van der Waals surface area contributed by atoms with Crippen molar-refractivity contribution in [3.63, 3.8) is 0 Å². The smallest absolute Gasteiger partial charge is 0.410 e. The van der Waals surface area contributed by atoms with Gasteiger partial charge in [0, 0.05) is 32.3 Å². The summed E-state index contributed by atoms with van der Waals surface area (Å²) in [5, 5.41) is 12.5. The van der Waals surface area contributed by atoms with Gasteiger partial charge in [-0.3, -0.25) is 0 Å². The van der Waals surface area contributed by atoms with Gasteiger partial charge in [-0.2, -0.15) is 0 Å². The number of carbonyl (C=O) groups excluding carboxylic acids is 1. The zero-order valence-electron chi connectivity index (χ0n) is 13.5. The fourth-order valence-electron chi connectivity index (χ4n) is 2.23. The summed E-state index contributed by atoms with van der Waals surface area (Å²) in [4.78, 5) is 13.7. The van der Waals surface area contributed by atoms with Crippen molar-refractivity contribution in [2.75, 3.05) is 26.2 Å². The number of hydrogen-bond donors (Lipinski definition) is 2. The van der Waals surface area contributed by atoms with Gasteiger partial charge >= 0.3 is 6.09 Å². The van der Waals surface area contributed by atoms with Gasteiger partial charge in [-0.25, -0.2) is 4.79 Å². The summed E-state index contributed by atoms with van der Waals surface area (Å²) in [6.07, 6.45) is 1.51. The predicted octanol–water partition coefficient (Wildman–Crippen LogP) is 1.99. The van der Waals surface area contributed by atoms with Crippen molar-refractivity contribution >= 4 is 6.09 Å². The summed E-state index contributed by atoms with van der Waals surface area (Å²) in [6, 6.07) is 0.320. The van der Waals surface area contributed by atoms with Crippen molar-refractivity contribution in [3.05, 3.63) is 0 Å². The minimum atomic E-state index is -0.439. The van der Waals surface area contributed by atoms with Crippen LogP contribution in [-0.4, -0.2) is 54.0 Å². The molecule has 0 aromatic rings. The van der Waals surface area contributed by atoms with Crippen LogP contribution in [0.5, 0.6) is 0 Å². The number of nitrogens with one attached hydrogen (secondary N) is 1. The molecule has 1 saturated heterocycles. The molecule has 5 nitrogen and oxygen atoms in total. The van der Waals surface area contributed by atoms with E-state index in [4.69, 9.17) is 9.84 Å². The van der Waals surface area contributed by atoms with Gasteiger partial charge in [-0.1, -0.05) is 13.8 Å². The Balaban J connectivity index is 2.35. The molecule has 118 valence electrons. The Morgan fingerprint density at radius 1 is 1.35 bits per heavy atom. The van der Waals surface area contributed by atoms with Gasteiger partial charge in [0.2, 0.25) is 0 Å². The van der Waals surface area contributed by atoms with Crippen molar-refractivity contribution in [2.45, 2.75) is 59.1 Å². The fraction of sp³-hybridized carbons (Fsp3) is 0.933. The second-order valence-corrected chi connectivity index (χ2v) is 7.43. The fourth-order valence-corrected chi connectivity index (χ4v) is 2.23. The molecule has 0 saturated carbocycles. The van der Waals surface area contributed by atoms with Crippen LogP contribution in [0, 0.1) is 5.41 Å². The van der Waals surface area contributed by atoms with E-state index in [9.17, 15) is 4.79 Å². The third kappa shape index (κ3) is 6.09. The number of amides is 1. The van der Waals surface area contributed by atoms with Gasteiger partial charge in [0.05, 0.1) is 0 Å². The Hall–Kier alpha value is -0.810. The SMILES string of the molecule is CC(C)(CCO)CNC1CCN(C(=O)OC(C)(C)C)C1. The van der Waals surface area contributed by atoms with Crippen LogP contribution in [-0.2, 0) is 4.74 Å². The number of aliphatic hydroxyl groups excluding tert-OH is 1. The molecule has 5 heteroatoms. The summed E-state index contributed by atoms with van der Waals surface area (Å²) in [5.41, 5.74) is -0.361. The van der Waals surface area contributed by atoms with Crippen molar-refractivity contribution in [1.29, 1.82) is 0 Å². The Bertz CT molecular complexity index is 324. The standard InChI is InChI=1S/C15H30N2O3/c1-14(2,3)20-13(19)17-8-6-12(10-17)16-11-15(4,5)7-9-18/h12,16,18H,6-11H2,1-5H3. The monoisotopic (exact) mass is 286 g/mol. The lowest BCUT2D eigenvalue weighted by Crippen LogP contribution is -2.41. The van der Waals surface area contributed by atoms with E-state index < -0.39 is 5.60 Å². The Kier molecular flexibility index (Phi) is 5.83. The third-order valence-electron chi connectivity index (χ3n) is 3.50. The van der Waals surface area contributed by atoms with Gasteiger partial charge in [0.25, 0.3) is 0 Å². The zero-order chi connectivity index (χ0) is 15.4. The van der Waals surface area contributed by atoms with Crippen molar-refractivity contribution < 1.29 is 14.6 Å². The summed E-state index contributed by atoms with van der Waals surface area (Å²) < 4.78 is 5.38. The first-order chi connectivity index (χ1) is 9.13. The Morgan fingerprint density at radius 3 is 2.55 bits per heavy atom. The van der Waals surface area contributed by atoms with Crippen LogP contribution in [0.2, 0.25) is 0 Å². The maximum Gasteiger partial charge on any atom is 0.410 e. The molecule has 0 bridgehead atoms. The molecule has 0 aliphatic carbocycles. The maximum absolute atomic E-state index is 12.0. The second kappa shape index (κ2) is 6.76. The minimum absolute atomic E-state index is 0.0775. The molecule has 1 atom stereocenters. The van der Waals surface area contributed by atoms with Gasteiger partial charge in [-0.15, -0.1) is 0 Å². The number of rotatable bonds is 5. The van der Waals surface area contributed by atoms with E-state index in [-0.39, 0.29) is 18.1 Å². The lowest BCUT2D eigenvalue weighted by Gasteiger charge is -2.27. The van der Waals surface area contributed by atoms with Crippen molar-refractivity contribution in [1.82, 2.24) is 10.2 Å². The van der Waals surface area contributed by atoms with E-state index in [0.29, 0.717) is 12.6 Å². The molecule has 1 amide bonds. The molecule has 2 N–H and O–H groups in total. The van der Waals surface area contributed by atoms with Gasteiger partial charge in [0.1, 0.15) is 5.60 Å². The molecule has 0 aromatic heterocycles. The predicted molar refractivity (Wildman–Crippen MR) is 79.7 cm³/mol. The molecule has 1 aliphatic heterocycles. The second-order valence-electron chi connectivity index (χ2n) is 7.43. The van der Waals surface area contributed by atoms with E-state index in [2.05, 4.69) is 19.2 Å². The summed E-state index contributed by atoms with van der Waals surface area (Å²) in [5.74, 6) is 0. The molecule has 0 radical (unpaired) electrons. The van der Waals surface area contributed by atoms with E-state index >= 15 is 0 Å². The van der Waals surface area contributed by atoms with Gasteiger partial charge < -0.3 is 20.1 Å². The van der Waals surface area contributed by atoms with Gasteiger partial charge in [-0.05, 0) is 39.0 Å². The van der Waals surface area contributed by atoms with E-state index in [0.717, 1.165) is 25.9 Å². The number of aliphatic hydroxyl groups is 1. The summed E-state index contributed by atoms with van der Waals surface area (Å²) in [6.45, 7) is 12.4. The number of nitrogens with zero attached hydrogens (tertiary/aromatic N) is 1. The highest BCUT2D eigenvalue weighted by Crippen LogP contribution is 2.20. The highest BCUT2D eigenvalue weighted by molar-refractivity contribution is 5.68. The first kappa shape index (κ1) is 17.2. The average Bonchev–Trinajstić information content (AvgIpc) is 2.72. The van der Waals surface area contributed by atoms with Crippen LogP contribution in [0.1, 0.15) is 47.5 Å². The highest BCUT2D eigenvalue weighted by Gasteiger charge is 2.30. The third-order valence-corrected chi connectivity index (χ3v) is 3.50. The lowest BCUT2D eigenvalue weighted by molar-refractivity contribution is 0.0290. The van der Waals surface area contributed by atoms with E-state index in [1.807, 2.05) is 20.8 Å². The summed E-state index contributed by atoms with van der Waals surface area (Å²) in [7, 11) is 0. The molecule has 1 heterocycles. The maximum atomic E-state index is 12.0. The van der Waals surface area contributed by atoms with Crippen molar-refractivity contribution in [3.8, 4) is 0 Å². The largest absolute Gasteiger partial charge is 0.444 e. The van der Waals surface area contributed by atoms with Crippen LogP contribution < -0.4 is 5.32 Å². The van der Waals surface area contributed by atoms with E-state index in [1.54, 1.807) is 4.90 Å². The molecule has 1 aliphatic rings. The summed E-state index contributed by atoms with van der Waals surface area (Å²) >= 11 is 0. The molecule has 1 unspecified atom stereocenters. The highest BCUT2D eigenvalue weighted by atomic mass is 16.6. The molecule has 0 aromatic carbocycles. The first-order valence-electron chi connectivity index (χ1n) is 7.45. The molecule has 20 heavy (non-hydrogen) atoms. The molecule has 0 spiro atoms. The van der Waals surface area contributed by atoms with Crippen molar-refractivity contribution in [2.24, 2.45) is 5.41 Å². The normalized spacial score (nSPS) is 20.3. The Morgan fingerprint density at radius 2 is 2.00 bits per heavy atom. The Labute approximate surface area is 122 Å². The first-order valence-corrected chi connectivity index (χ1v) is 7.45. The molecular formula is C15H30N2O3. The lowest BCUT2D eigenvalue weighted by atomic mass is 9.89. The average molecular weight is 286 g/mol. The number of hydrogen-bond acceptors (Lipinski definition) is 4. The van der Waals surface area contributed by atoms with Crippen LogP contribution in [0.25, 0.3) is 0 Å². The number of ether oxygens (including phenoxy) is 1. The molecular weight excluding hydrogens is 256 g/mol. The number of carbonyl (C=O) groups is 1. The zero-order valence-corrected chi connectivity index (χ0v) is 13.5. The minimum Gasteiger partial charge on any atom is -0.444 e. The number of likely N-dealkylation sites (tertiary alicyclic amines) is 1. The van der Waals surface area contributed by atoms with Crippen LogP contribution in [0.3, 0.4) is 0 Å². The van der Waals surface area contributed by atoms with Gasteiger partial charge in [0.15, 0.2) is 0 Å². The molecule has 1 fully saturated rings. The quantitative estimate of drug-likeness (QED) is 0.811. The van der Waals surface area contributed by atoms with E-state index in [1.165, 1.54) is 0 Å². The molecule has 1 rings (SSSR count). The van der Waals surface area contributed by atoms with Crippen LogP contribution in [0.4, 0.5) is 4.79 Å². The van der Waals surface area contributed by atoms with Crippen LogP contribution >= 0.6 is 0 Å². The van der Waals surface area contributed by atoms with Crippen LogP contribution in [0.15, 0.2) is 0 Å².